The summed E-state index contributed by atoms with van der Waals surface area (Å²) < 4.78 is 2.46. The second-order valence-electron chi connectivity index (χ2n) is 12.7. The second kappa shape index (κ2) is 12.7. The van der Waals surface area contributed by atoms with Gasteiger partial charge in [-0.3, -0.25) is 0 Å². The van der Waals surface area contributed by atoms with E-state index in [0.717, 1.165) is 12.8 Å². The Kier molecular flexibility index (Phi) is 7.84. The van der Waals surface area contributed by atoms with Crippen LogP contribution in [0.4, 0.5) is 5.69 Å². The van der Waals surface area contributed by atoms with Crippen LogP contribution in [0.15, 0.2) is 170 Å². The number of hydrogen-bond acceptors (Lipinski definition) is 1. The first-order valence-electron chi connectivity index (χ1n) is 16.8. The van der Waals surface area contributed by atoms with Gasteiger partial charge in [-0.05, 0) is 89.6 Å². The van der Waals surface area contributed by atoms with Gasteiger partial charge >= 0.3 is 0 Å². The standard InChI is InChI=1S/C46H38N2/c1-3-4-5-7-15-33-24-27-46-42(30-33)40-20-11-13-23-45(40)48(46)36-25-26-37-35(28-32(2)29-36)18-14-21-38(37)41-31-44(34-16-8-6-9-17-34)47-43-22-12-10-19-39(41)43/h3-25,27,29-31,44,47H,1,26,28H2,2H3/b5-4-,15-7?,32-29?,36-25?. The van der Waals surface area contributed by atoms with Gasteiger partial charge in [0.1, 0.15) is 0 Å². The van der Waals surface area contributed by atoms with Crippen LogP contribution in [0, 0.1) is 0 Å². The Bertz CT molecular complexity index is 2340. The molecule has 6 aromatic rings. The van der Waals surface area contributed by atoms with Crippen LogP contribution in [0.5, 0.6) is 0 Å². The van der Waals surface area contributed by atoms with E-state index >= 15 is 0 Å². The molecule has 2 aliphatic rings. The van der Waals surface area contributed by atoms with Crippen LogP contribution >= 0.6 is 0 Å². The Morgan fingerprint density at radius 1 is 0.750 bits per heavy atom. The smallest absolute Gasteiger partial charge is 0.0707 e. The highest BCUT2D eigenvalue weighted by atomic mass is 15.0. The van der Waals surface area contributed by atoms with E-state index in [-0.39, 0.29) is 6.04 Å². The monoisotopic (exact) mass is 618 g/mol. The number of rotatable bonds is 6. The number of nitrogens with one attached hydrogen (secondary N) is 1. The van der Waals surface area contributed by atoms with Gasteiger partial charge in [0.15, 0.2) is 0 Å². The number of para-hydroxylation sites is 2. The summed E-state index contributed by atoms with van der Waals surface area (Å²) in [6, 6.07) is 42.1. The zero-order valence-electron chi connectivity index (χ0n) is 27.2. The highest BCUT2D eigenvalue weighted by Gasteiger charge is 2.24. The minimum Gasteiger partial charge on any atom is -0.374 e. The molecule has 0 saturated carbocycles. The van der Waals surface area contributed by atoms with Crippen LogP contribution in [-0.2, 0) is 12.8 Å². The van der Waals surface area contributed by atoms with Gasteiger partial charge in [0, 0.05) is 27.7 Å². The molecule has 48 heavy (non-hydrogen) atoms. The molecule has 5 aromatic carbocycles. The van der Waals surface area contributed by atoms with Crippen molar-refractivity contribution in [1.29, 1.82) is 0 Å². The summed E-state index contributed by atoms with van der Waals surface area (Å²) in [5, 5.41) is 6.32. The number of allylic oxidation sites excluding steroid dienone is 8. The highest BCUT2D eigenvalue weighted by Crippen LogP contribution is 2.41. The van der Waals surface area contributed by atoms with E-state index in [1.165, 1.54) is 77.7 Å². The maximum absolute atomic E-state index is 3.79. The summed E-state index contributed by atoms with van der Waals surface area (Å²) in [5.41, 5.74) is 15.3. The lowest BCUT2D eigenvalue weighted by Gasteiger charge is -2.29. The average Bonchev–Trinajstić information content (AvgIpc) is 3.45. The molecule has 0 bridgehead atoms. The Hall–Kier alpha value is -5.86. The molecule has 0 radical (unpaired) electrons. The summed E-state index contributed by atoms with van der Waals surface area (Å²) in [6.45, 7) is 6.04. The van der Waals surface area contributed by atoms with Gasteiger partial charge in [0.25, 0.3) is 0 Å². The maximum Gasteiger partial charge on any atom is 0.0707 e. The number of fused-ring (bicyclic) bond motifs is 5. The topological polar surface area (TPSA) is 17.0 Å². The van der Waals surface area contributed by atoms with Crippen molar-refractivity contribution in [2.45, 2.75) is 25.8 Å². The SMILES string of the molecule is C=C/C=C\C=Cc1ccc2c(c1)c1ccccc1n2C1=CCc2c(cccc2C2=CC(c3ccccc3)Nc3ccccc32)CC(C)=C1. The van der Waals surface area contributed by atoms with Gasteiger partial charge in [-0.15, -0.1) is 0 Å². The fourth-order valence-electron chi connectivity index (χ4n) is 7.38. The Morgan fingerprint density at radius 3 is 2.44 bits per heavy atom. The summed E-state index contributed by atoms with van der Waals surface area (Å²) >= 11 is 0. The molecule has 1 aromatic heterocycles. The van der Waals surface area contributed by atoms with Crippen LogP contribution in [0.25, 0.3) is 39.2 Å². The van der Waals surface area contributed by atoms with Crippen molar-refractivity contribution in [2.24, 2.45) is 0 Å². The van der Waals surface area contributed by atoms with Crippen LogP contribution in [0.2, 0.25) is 0 Å². The number of nitrogens with zero attached hydrogens (tertiary/aromatic N) is 1. The van der Waals surface area contributed by atoms with Crippen molar-refractivity contribution in [3.05, 3.63) is 203 Å². The maximum atomic E-state index is 3.79. The van der Waals surface area contributed by atoms with Gasteiger partial charge in [0.2, 0.25) is 0 Å². The zero-order chi connectivity index (χ0) is 32.5. The molecule has 1 atom stereocenters. The first kappa shape index (κ1) is 29.5. The quantitative estimate of drug-likeness (QED) is 0.184. The molecule has 1 unspecified atom stereocenters. The third-order valence-electron chi connectivity index (χ3n) is 9.56. The van der Waals surface area contributed by atoms with Crippen molar-refractivity contribution >= 4 is 44.8 Å². The Balaban J connectivity index is 1.26. The van der Waals surface area contributed by atoms with Crippen LogP contribution in [-0.4, -0.2) is 4.57 Å². The minimum atomic E-state index is 0.101. The molecule has 2 heteroatoms. The second-order valence-corrected chi connectivity index (χ2v) is 12.7. The van der Waals surface area contributed by atoms with Gasteiger partial charge in [-0.25, -0.2) is 0 Å². The van der Waals surface area contributed by atoms with E-state index in [2.05, 4.69) is 169 Å². The van der Waals surface area contributed by atoms with Crippen molar-refractivity contribution in [3.8, 4) is 0 Å². The summed E-state index contributed by atoms with van der Waals surface area (Å²) in [6.07, 6.45) is 19.0. The van der Waals surface area contributed by atoms with Gasteiger partial charge in [0.05, 0.1) is 17.1 Å². The average molecular weight is 619 g/mol. The zero-order valence-corrected chi connectivity index (χ0v) is 27.2. The first-order valence-corrected chi connectivity index (χ1v) is 16.8. The molecule has 0 amide bonds. The fraction of sp³-hybridized carbons (Fsp3) is 0.0870. The van der Waals surface area contributed by atoms with Crippen molar-refractivity contribution in [2.75, 3.05) is 5.32 Å². The molecule has 0 saturated heterocycles. The van der Waals surface area contributed by atoms with Crippen LogP contribution in [0.3, 0.4) is 0 Å². The molecule has 232 valence electrons. The largest absolute Gasteiger partial charge is 0.374 e. The third kappa shape index (κ3) is 5.46. The molecule has 0 spiro atoms. The van der Waals surface area contributed by atoms with Crippen LogP contribution < -0.4 is 5.32 Å². The van der Waals surface area contributed by atoms with Crippen molar-refractivity contribution in [1.82, 2.24) is 4.57 Å². The van der Waals surface area contributed by atoms with E-state index in [9.17, 15) is 0 Å². The molecule has 0 fully saturated rings. The molecule has 1 aliphatic carbocycles. The van der Waals surface area contributed by atoms with E-state index in [1.54, 1.807) is 6.08 Å². The normalized spacial score (nSPS) is 16.1. The molecular weight excluding hydrogens is 581 g/mol. The van der Waals surface area contributed by atoms with Crippen LogP contribution in [0.1, 0.15) is 46.3 Å². The summed E-state index contributed by atoms with van der Waals surface area (Å²) in [4.78, 5) is 0. The molecule has 2 nitrogen and oxygen atoms in total. The number of hydrogen-bond donors (Lipinski definition) is 1. The molecule has 8 rings (SSSR count). The molecule has 1 aliphatic heterocycles. The van der Waals surface area contributed by atoms with E-state index < -0.39 is 0 Å². The van der Waals surface area contributed by atoms with Gasteiger partial charge in [-0.1, -0.05) is 140 Å². The Labute approximate surface area is 283 Å². The van der Waals surface area contributed by atoms with Crippen molar-refractivity contribution in [3.63, 3.8) is 0 Å². The highest BCUT2D eigenvalue weighted by molar-refractivity contribution is 6.11. The molecular formula is C46H38N2. The van der Waals surface area contributed by atoms with Gasteiger partial charge < -0.3 is 9.88 Å². The first-order chi connectivity index (χ1) is 23.7. The molecule has 2 heterocycles. The number of benzene rings is 5. The lowest BCUT2D eigenvalue weighted by Crippen LogP contribution is -2.16. The predicted molar refractivity (Wildman–Crippen MR) is 206 cm³/mol. The molecule has 1 N–H and O–H groups in total. The predicted octanol–water partition coefficient (Wildman–Crippen LogP) is 11.7. The Morgan fingerprint density at radius 2 is 1.54 bits per heavy atom. The lowest BCUT2D eigenvalue weighted by atomic mass is 9.83. The summed E-state index contributed by atoms with van der Waals surface area (Å²) in [7, 11) is 0. The fourth-order valence-corrected chi connectivity index (χ4v) is 7.38. The third-order valence-corrected chi connectivity index (χ3v) is 9.56. The van der Waals surface area contributed by atoms with E-state index in [1.807, 2.05) is 12.2 Å². The summed E-state index contributed by atoms with van der Waals surface area (Å²) in [5.74, 6) is 0. The number of anilines is 1. The minimum absolute atomic E-state index is 0.101. The van der Waals surface area contributed by atoms with E-state index in [0.29, 0.717) is 0 Å². The lowest BCUT2D eigenvalue weighted by molar-refractivity contribution is 0.970. The van der Waals surface area contributed by atoms with E-state index in [4.69, 9.17) is 0 Å². The number of aromatic nitrogens is 1. The van der Waals surface area contributed by atoms with Gasteiger partial charge in [-0.2, -0.15) is 0 Å². The van der Waals surface area contributed by atoms with Crippen molar-refractivity contribution < 1.29 is 0 Å².